The minimum Gasteiger partial charge on any atom is -0.485 e. The van der Waals surface area contributed by atoms with Gasteiger partial charge < -0.3 is 19.4 Å². The Morgan fingerprint density at radius 1 is 1.16 bits per heavy atom. The quantitative estimate of drug-likeness (QED) is 0.701. The third-order valence-corrected chi connectivity index (χ3v) is 3.47. The van der Waals surface area contributed by atoms with Gasteiger partial charge in [-0.15, -0.1) is 0 Å². The van der Waals surface area contributed by atoms with Gasteiger partial charge in [-0.25, -0.2) is 4.79 Å². The molecule has 0 unspecified atom stereocenters. The van der Waals surface area contributed by atoms with Gasteiger partial charge >= 0.3 is 5.63 Å². The summed E-state index contributed by atoms with van der Waals surface area (Å²) in [6.45, 7) is 3.38. The average Bonchev–Trinajstić information content (AvgIpc) is 2.35. The van der Waals surface area contributed by atoms with Crippen LogP contribution in [0.5, 0.6) is 5.75 Å². The van der Waals surface area contributed by atoms with Gasteiger partial charge in [-0.2, -0.15) is 0 Å². The maximum absolute atomic E-state index is 11.3. The molecule has 1 aromatic heterocycles. The summed E-state index contributed by atoms with van der Waals surface area (Å²) < 4.78 is 10.8. The molecule has 0 saturated carbocycles. The molecule has 2 aromatic rings. The maximum Gasteiger partial charge on any atom is 0.336 e. The monoisotopic (exact) mass is 262 g/mol. The Hall–Kier alpha value is -1.85. The second-order valence-corrected chi connectivity index (χ2v) is 5.25. The fraction of sp³-hybridized carbons (Fsp3) is 0.357. The Balaban J connectivity index is 2.33. The first-order valence-corrected chi connectivity index (χ1v) is 6.02. The molecule has 0 saturated heterocycles. The SMILES string of the molecule is CC1(C)Oc2ccc3ccc(=O)oc3c2[C@@H](O)[C@H]1O. The van der Waals surface area contributed by atoms with Gasteiger partial charge in [0.1, 0.15) is 29.1 Å². The molecule has 1 aromatic carbocycles. The van der Waals surface area contributed by atoms with Crippen LogP contribution in [0, 0.1) is 0 Å². The number of hydrogen-bond donors (Lipinski definition) is 2. The zero-order valence-electron chi connectivity index (χ0n) is 10.6. The molecular weight excluding hydrogens is 248 g/mol. The summed E-state index contributed by atoms with van der Waals surface area (Å²) >= 11 is 0. The summed E-state index contributed by atoms with van der Waals surface area (Å²) in [5.74, 6) is 0.421. The van der Waals surface area contributed by atoms with Gasteiger partial charge in [-0.1, -0.05) is 0 Å². The molecule has 0 aliphatic carbocycles. The van der Waals surface area contributed by atoms with E-state index in [0.717, 1.165) is 0 Å². The lowest BCUT2D eigenvalue weighted by atomic mass is 9.88. The molecule has 0 spiro atoms. The highest BCUT2D eigenvalue weighted by Crippen LogP contribution is 2.42. The number of benzene rings is 1. The van der Waals surface area contributed by atoms with Crippen LogP contribution in [-0.4, -0.2) is 21.9 Å². The van der Waals surface area contributed by atoms with Crippen molar-refractivity contribution in [2.75, 3.05) is 0 Å². The van der Waals surface area contributed by atoms with Crippen molar-refractivity contribution in [2.45, 2.75) is 31.7 Å². The van der Waals surface area contributed by atoms with Crippen molar-refractivity contribution in [1.82, 2.24) is 0 Å². The summed E-state index contributed by atoms with van der Waals surface area (Å²) in [6, 6.07) is 6.37. The highest BCUT2D eigenvalue weighted by molar-refractivity contribution is 5.82. The number of rotatable bonds is 0. The summed E-state index contributed by atoms with van der Waals surface area (Å²) in [6.07, 6.45) is -2.26. The van der Waals surface area contributed by atoms with Gasteiger partial charge in [0.2, 0.25) is 0 Å². The molecule has 3 rings (SSSR count). The van der Waals surface area contributed by atoms with Crippen LogP contribution in [-0.2, 0) is 0 Å². The van der Waals surface area contributed by atoms with Gasteiger partial charge in [0.25, 0.3) is 0 Å². The average molecular weight is 262 g/mol. The van der Waals surface area contributed by atoms with Gasteiger partial charge in [0.05, 0.1) is 5.56 Å². The summed E-state index contributed by atoms with van der Waals surface area (Å²) in [4.78, 5) is 11.3. The lowest BCUT2D eigenvalue weighted by Crippen LogP contribution is -2.48. The topological polar surface area (TPSA) is 79.9 Å². The molecule has 2 heterocycles. The van der Waals surface area contributed by atoms with Crippen molar-refractivity contribution in [3.63, 3.8) is 0 Å². The second-order valence-electron chi connectivity index (χ2n) is 5.25. The molecule has 19 heavy (non-hydrogen) atoms. The first kappa shape index (κ1) is 12.2. The smallest absolute Gasteiger partial charge is 0.336 e. The third kappa shape index (κ3) is 1.74. The Kier molecular flexibility index (Phi) is 2.45. The van der Waals surface area contributed by atoms with Crippen molar-refractivity contribution in [3.05, 3.63) is 40.2 Å². The van der Waals surface area contributed by atoms with Gasteiger partial charge in [-0.05, 0) is 32.0 Å². The second kappa shape index (κ2) is 3.82. The standard InChI is InChI=1S/C14H14O5/c1-14(2)13(17)11(16)10-8(19-14)5-3-7-4-6-9(15)18-12(7)10/h3-6,11,13,16-17H,1-2H3/t11-,13-/m1/s1. The molecule has 1 aliphatic rings. The minimum atomic E-state index is -1.16. The molecule has 100 valence electrons. The largest absolute Gasteiger partial charge is 0.485 e. The van der Waals surface area contributed by atoms with Crippen LogP contribution in [0.4, 0.5) is 0 Å². The number of aliphatic hydroxyl groups is 2. The van der Waals surface area contributed by atoms with Gasteiger partial charge in [0, 0.05) is 11.5 Å². The number of hydrogen-bond acceptors (Lipinski definition) is 5. The lowest BCUT2D eigenvalue weighted by molar-refractivity contribution is -0.111. The van der Waals surface area contributed by atoms with Crippen molar-refractivity contribution >= 4 is 11.0 Å². The van der Waals surface area contributed by atoms with Crippen molar-refractivity contribution in [3.8, 4) is 5.75 Å². The normalized spacial score (nSPS) is 24.8. The van der Waals surface area contributed by atoms with Crippen LogP contribution in [0.25, 0.3) is 11.0 Å². The zero-order valence-corrected chi connectivity index (χ0v) is 10.6. The van der Waals surface area contributed by atoms with Crippen molar-refractivity contribution in [1.29, 1.82) is 0 Å². The van der Waals surface area contributed by atoms with E-state index in [4.69, 9.17) is 9.15 Å². The van der Waals surface area contributed by atoms with Crippen molar-refractivity contribution in [2.24, 2.45) is 0 Å². The molecule has 5 heteroatoms. The predicted molar refractivity (Wildman–Crippen MR) is 68.2 cm³/mol. The first-order valence-electron chi connectivity index (χ1n) is 6.02. The van der Waals surface area contributed by atoms with Crippen LogP contribution < -0.4 is 10.4 Å². The zero-order chi connectivity index (χ0) is 13.8. The minimum absolute atomic E-state index is 0.257. The molecule has 0 fully saturated rings. The number of aliphatic hydroxyl groups excluding tert-OH is 2. The fourth-order valence-electron chi connectivity index (χ4n) is 2.39. The van der Waals surface area contributed by atoms with E-state index in [1.807, 2.05) is 0 Å². The summed E-state index contributed by atoms with van der Waals surface area (Å²) in [5.41, 5.74) is -0.837. The summed E-state index contributed by atoms with van der Waals surface area (Å²) in [7, 11) is 0. The Labute approximate surface area is 109 Å². The van der Waals surface area contributed by atoms with Crippen LogP contribution in [0.2, 0.25) is 0 Å². The predicted octanol–water partition coefficient (Wildman–Crippen LogP) is 1.36. The van der Waals surface area contributed by atoms with E-state index < -0.39 is 23.4 Å². The molecule has 0 radical (unpaired) electrons. The van der Waals surface area contributed by atoms with Crippen LogP contribution in [0.15, 0.2) is 33.5 Å². The van der Waals surface area contributed by atoms with E-state index in [-0.39, 0.29) is 5.58 Å². The molecule has 1 aliphatic heterocycles. The first-order chi connectivity index (χ1) is 8.90. The Morgan fingerprint density at radius 3 is 2.58 bits per heavy atom. The van der Waals surface area contributed by atoms with Crippen LogP contribution in [0.1, 0.15) is 25.5 Å². The molecule has 5 nitrogen and oxygen atoms in total. The highest BCUT2D eigenvalue weighted by atomic mass is 16.5. The van der Waals surface area contributed by atoms with Crippen LogP contribution in [0.3, 0.4) is 0 Å². The van der Waals surface area contributed by atoms with Gasteiger partial charge in [-0.3, -0.25) is 0 Å². The maximum atomic E-state index is 11.3. The molecule has 2 N–H and O–H groups in total. The summed E-state index contributed by atoms with van der Waals surface area (Å²) in [5, 5.41) is 21.0. The number of ether oxygens (including phenoxy) is 1. The fourth-order valence-corrected chi connectivity index (χ4v) is 2.39. The van der Waals surface area contributed by atoms with E-state index in [0.29, 0.717) is 16.7 Å². The van der Waals surface area contributed by atoms with Crippen LogP contribution >= 0.6 is 0 Å². The Morgan fingerprint density at radius 2 is 1.84 bits per heavy atom. The van der Waals surface area contributed by atoms with Gasteiger partial charge in [0.15, 0.2) is 0 Å². The molecule has 2 atom stereocenters. The van der Waals surface area contributed by atoms with E-state index in [2.05, 4.69) is 0 Å². The van der Waals surface area contributed by atoms with Crippen molar-refractivity contribution < 1.29 is 19.4 Å². The van der Waals surface area contributed by atoms with E-state index in [1.54, 1.807) is 32.0 Å². The third-order valence-electron chi connectivity index (χ3n) is 3.47. The molecular formula is C14H14O5. The van der Waals surface area contributed by atoms with E-state index in [1.165, 1.54) is 6.07 Å². The van der Waals surface area contributed by atoms with E-state index in [9.17, 15) is 15.0 Å². The highest BCUT2D eigenvalue weighted by Gasteiger charge is 2.43. The number of fused-ring (bicyclic) bond motifs is 3. The molecule has 0 amide bonds. The molecule has 0 bridgehead atoms. The van der Waals surface area contributed by atoms with E-state index >= 15 is 0 Å². The Bertz CT molecular complexity index is 701. The lowest BCUT2D eigenvalue weighted by Gasteiger charge is -2.39.